The predicted octanol–water partition coefficient (Wildman–Crippen LogP) is 14.9. The smallest absolute Gasteiger partial charge is 0.416 e. The van der Waals surface area contributed by atoms with E-state index in [2.05, 4.69) is 106 Å². The maximum absolute atomic E-state index is 13.7. The molecule has 4 aliphatic rings. The number of ether oxygens (including phenoxy) is 5. The fourth-order valence-electron chi connectivity index (χ4n) is 18.1. The molecule has 0 bridgehead atoms. The molecule has 0 radical (unpaired) electrons. The summed E-state index contributed by atoms with van der Waals surface area (Å²) in [6.45, 7) is 38.3. The van der Waals surface area contributed by atoms with Gasteiger partial charge >= 0.3 is 6.18 Å². The first-order chi connectivity index (χ1) is 67.3. The van der Waals surface area contributed by atoms with Crippen LogP contribution in [0.3, 0.4) is 0 Å². The molecule has 4 aliphatic heterocycles. The van der Waals surface area contributed by atoms with E-state index < -0.39 is 11.7 Å². The van der Waals surface area contributed by atoms with Crippen molar-refractivity contribution in [3.05, 3.63) is 250 Å². The van der Waals surface area contributed by atoms with Gasteiger partial charge in [0.15, 0.2) is 0 Å². The molecule has 2 aromatic carbocycles. The van der Waals surface area contributed by atoms with Crippen LogP contribution in [0.2, 0.25) is 5.02 Å². The van der Waals surface area contributed by atoms with Gasteiger partial charge in [0.2, 0.25) is 5.88 Å². The quantitative estimate of drug-likeness (QED) is 0.0314. The average Bonchev–Trinajstić information content (AvgIpc) is 1.04. The monoisotopic (exact) mass is 1940 g/mol. The van der Waals surface area contributed by atoms with Gasteiger partial charge < -0.3 is 74.4 Å². The minimum Gasteiger partial charge on any atom is -0.481 e. The van der Waals surface area contributed by atoms with Gasteiger partial charge in [0.05, 0.1) is 94.7 Å². The van der Waals surface area contributed by atoms with Gasteiger partial charge in [0.25, 0.3) is 22.2 Å². The summed E-state index contributed by atoms with van der Waals surface area (Å²) < 4.78 is 75.1. The van der Waals surface area contributed by atoms with E-state index in [1.807, 2.05) is 201 Å². The number of pyridine rings is 6. The van der Waals surface area contributed by atoms with E-state index in [4.69, 9.17) is 50.2 Å². The molecule has 0 saturated carbocycles. The Morgan fingerprint density at radius 2 is 0.707 bits per heavy atom. The Morgan fingerprint density at radius 3 is 0.993 bits per heavy atom. The number of hydrogen-bond donors (Lipinski definition) is 4. The number of rotatable bonds is 31. The number of hydrogen-bond acceptors (Lipinski definition) is 29. The predicted molar refractivity (Wildman–Crippen MR) is 549 cm³/mol. The van der Waals surface area contributed by atoms with E-state index in [9.17, 15) is 32.3 Å². The first kappa shape index (κ1) is 104. The fraction of sp³-hybridized carbons (Fsp3) is 0.437. The van der Waals surface area contributed by atoms with Crippen molar-refractivity contribution in [3.8, 4) is 51.4 Å². The largest absolute Gasteiger partial charge is 0.481 e. The Morgan fingerprint density at radius 1 is 0.379 bits per heavy atom. The number of aryl methyl sites for hydroxylation is 7. The molecule has 4 saturated heterocycles. The molecule has 14 heterocycles. The highest BCUT2D eigenvalue weighted by Crippen LogP contribution is 2.38. The summed E-state index contributed by atoms with van der Waals surface area (Å²) in [6, 6.07) is 37.9. The van der Waals surface area contributed by atoms with Crippen molar-refractivity contribution < 1.29 is 36.9 Å². The lowest BCUT2D eigenvalue weighted by atomic mass is 10.1. The summed E-state index contributed by atoms with van der Waals surface area (Å²) in [4.78, 5) is 113. The maximum atomic E-state index is 13.7. The first-order valence-electron chi connectivity index (χ1n) is 47.7. The van der Waals surface area contributed by atoms with Crippen LogP contribution in [-0.4, -0.2) is 231 Å². The summed E-state index contributed by atoms with van der Waals surface area (Å²) >= 11 is 6.21. The van der Waals surface area contributed by atoms with Crippen LogP contribution >= 0.6 is 11.6 Å². The molecule has 10 aromatic heterocycles. The van der Waals surface area contributed by atoms with Gasteiger partial charge in [-0.2, -0.15) is 13.2 Å². The summed E-state index contributed by atoms with van der Waals surface area (Å²) in [6.07, 6.45) is 3.99. The van der Waals surface area contributed by atoms with Crippen LogP contribution in [0.1, 0.15) is 101 Å². The Hall–Kier alpha value is -13.4. The van der Waals surface area contributed by atoms with Gasteiger partial charge in [0, 0.05) is 198 Å². The van der Waals surface area contributed by atoms with Crippen LogP contribution in [-0.2, 0) is 51.3 Å². The molecule has 4 unspecified atom stereocenters. The van der Waals surface area contributed by atoms with Crippen molar-refractivity contribution in [1.29, 1.82) is 0 Å². The van der Waals surface area contributed by atoms with Crippen molar-refractivity contribution in [1.82, 2.24) is 68.1 Å². The van der Waals surface area contributed by atoms with Gasteiger partial charge in [-0.25, -0.2) is 49.8 Å². The second-order valence-corrected chi connectivity index (χ2v) is 35.4. The molecule has 0 spiro atoms. The zero-order valence-corrected chi connectivity index (χ0v) is 84.3. The van der Waals surface area contributed by atoms with E-state index in [1.54, 1.807) is 71.7 Å². The number of benzene rings is 2. The topological polar surface area (TPSA) is 331 Å². The third-order valence-corrected chi connectivity index (χ3v) is 25.6. The Kier molecular flexibility index (Phi) is 34.9. The lowest BCUT2D eigenvalue weighted by Crippen LogP contribution is -2.38. The third-order valence-electron chi connectivity index (χ3n) is 25.3. The van der Waals surface area contributed by atoms with Crippen molar-refractivity contribution in [3.63, 3.8) is 0 Å². The Bertz CT molecular complexity index is 6290. The fourth-order valence-corrected chi connectivity index (χ4v) is 18.4. The molecule has 12 aromatic rings. The van der Waals surface area contributed by atoms with Crippen molar-refractivity contribution in [2.75, 3.05) is 165 Å². The molecular formula is C103H130ClF3N24O9. The zero-order valence-electron chi connectivity index (χ0n) is 83.6. The molecule has 4 N–H and O–H groups in total. The molecular weight excluding hydrogens is 1810 g/mol. The minimum atomic E-state index is -4.52. The SMILES string of the molecule is CCO[C@H]1CN(c2ccccn2)CC1Nc1c(C)nc(-c2ccc(C(F)(F)F)cc2Cl)n(CC)c1=O.CCO[C@H]1CN(c2ccccn2)CC1Nc1c(C)nc(-c2ccc(N(C)C)cc2C)n(CC)c1=O.CCO[C@H]1CN(c2ccccn2)CC1Nc1c(C)nc(-c2ccc(OC)nc2C)n(CC)c1=O.CCO[C@H]1CN(c2ccccn2)CC1Nc1c(C)nc(-c2cnc(N(C)C)cc2C)n(CC)c1=O. The minimum absolute atomic E-state index is 0.0533. The molecule has 37 heteroatoms. The van der Waals surface area contributed by atoms with Crippen molar-refractivity contribution >= 4 is 69.1 Å². The molecule has 0 aliphatic carbocycles. The maximum Gasteiger partial charge on any atom is 0.416 e. The summed E-state index contributed by atoms with van der Waals surface area (Å²) in [5.74, 6) is 7.09. The van der Waals surface area contributed by atoms with Crippen LogP contribution in [0, 0.1) is 48.5 Å². The van der Waals surface area contributed by atoms with Crippen LogP contribution in [0.25, 0.3) is 45.6 Å². The molecule has 16 rings (SSSR count). The second-order valence-electron chi connectivity index (χ2n) is 35.0. The normalized spacial score (nSPS) is 17.7. The highest BCUT2D eigenvalue weighted by atomic mass is 35.5. The van der Waals surface area contributed by atoms with Crippen molar-refractivity contribution in [2.24, 2.45) is 0 Å². The Balaban J connectivity index is 0.000000157. The molecule has 744 valence electrons. The van der Waals surface area contributed by atoms with Crippen LogP contribution in [0.4, 0.5) is 70.7 Å². The molecule has 0 amide bonds. The van der Waals surface area contributed by atoms with Gasteiger partial charge in [-0.3, -0.25) is 37.4 Å². The number of methoxy groups -OCH3 is 1. The second kappa shape index (κ2) is 47.0. The number of halogens is 4. The summed E-state index contributed by atoms with van der Waals surface area (Å²) in [7, 11) is 9.54. The molecule has 140 heavy (non-hydrogen) atoms. The number of nitrogens with one attached hydrogen (secondary N) is 4. The van der Waals surface area contributed by atoms with E-state index in [0.717, 1.165) is 80.4 Å². The highest BCUT2D eigenvalue weighted by molar-refractivity contribution is 6.33. The number of aromatic nitrogens is 14. The highest BCUT2D eigenvalue weighted by Gasteiger charge is 2.41. The van der Waals surface area contributed by atoms with E-state index in [0.29, 0.717) is 167 Å². The third kappa shape index (κ3) is 23.8. The summed E-state index contributed by atoms with van der Waals surface area (Å²) in [5, 5.41) is 13.7. The van der Waals surface area contributed by atoms with Gasteiger partial charge in [-0.15, -0.1) is 0 Å². The van der Waals surface area contributed by atoms with E-state index >= 15 is 0 Å². The van der Waals surface area contributed by atoms with Gasteiger partial charge in [-0.05, 0) is 212 Å². The van der Waals surface area contributed by atoms with E-state index in [-0.39, 0.29) is 93.8 Å². The van der Waals surface area contributed by atoms with Gasteiger partial charge in [0.1, 0.15) is 75.1 Å². The number of nitrogens with zero attached hydrogens (tertiary/aromatic N) is 20. The van der Waals surface area contributed by atoms with Crippen LogP contribution in [0.5, 0.6) is 5.88 Å². The summed E-state index contributed by atoms with van der Waals surface area (Å²) in [5.41, 5.74) is 9.74. The average molecular weight is 1940 g/mol. The lowest BCUT2D eigenvalue weighted by Gasteiger charge is -2.23. The number of anilines is 10. The molecule has 33 nitrogen and oxygen atoms in total. The zero-order chi connectivity index (χ0) is 101. The van der Waals surface area contributed by atoms with Crippen molar-refractivity contribution in [2.45, 2.75) is 185 Å². The van der Waals surface area contributed by atoms with Crippen LogP contribution in [0.15, 0.2) is 178 Å². The molecule has 4 fully saturated rings. The Labute approximate surface area is 820 Å². The standard InChI is InChI=1S/C27H36N6O2.C26H35N7O2.C25H27ClF3N5O2.C25H32N6O3/c1-7-33-26(21-13-12-20(31(5)6)15-18(21)3)29-19(4)25(27(33)34)30-22-16-32(17-23(22)35-8-2)24-11-9-10-14-28-24;1-7-33-25(19-14-28-23(31(5)6)13-17(19)3)29-18(4)24(26(33)34)30-20-15-32(16-21(20)35-8-2)22-11-9-10-12-27-22;1-4-34-23(17-10-9-16(12-18(17)26)25(27,28)29)31-15(3)22(24(34)35)32-19-13-33(14-20(19)36-5-2)21-8-6-7-11-30-21;1-6-31-24(18-11-12-22(33-5)27-16(18)3)28-17(4)23(25(31)32)29-19-14-30(15-20(19)34-7-2)21-10-8-9-13-26-21/h9-15,22-23,30H,7-8,16-17H2,1-6H3;9-14,20-21,30H,7-8,15-16H2,1-6H3;6-12,19-20,32H,4-5,13-14H2,1-3H3;8-13,19-20,29H,6-7,14-15H2,1-5H3/t22?,23-;20?,21-;2*19?,20-/m0000/s1. The van der Waals surface area contributed by atoms with E-state index in [1.165, 1.54) is 10.6 Å². The van der Waals surface area contributed by atoms with Gasteiger partial charge in [-0.1, -0.05) is 35.9 Å². The number of alkyl halides is 3. The lowest BCUT2D eigenvalue weighted by molar-refractivity contribution is -0.137. The van der Waals surface area contributed by atoms with Crippen LogP contribution < -0.4 is 77.6 Å². The first-order valence-corrected chi connectivity index (χ1v) is 48.1. The molecule has 8 atom stereocenters.